The predicted molar refractivity (Wildman–Crippen MR) is 61.7 cm³/mol. The Kier molecular flexibility index (Phi) is 3.37. The normalized spacial score (nSPS) is 9.89. The van der Waals surface area contributed by atoms with Gasteiger partial charge in [0.1, 0.15) is 11.5 Å². The lowest BCUT2D eigenvalue weighted by molar-refractivity contribution is 0.101. The topological polar surface area (TPSA) is 102 Å². The molecule has 8 nitrogen and oxygen atoms in total. The van der Waals surface area contributed by atoms with Gasteiger partial charge in [-0.15, -0.1) is 10.2 Å². The molecule has 0 aliphatic rings. The van der Waals surface area contributed by atoms with Crippen molar-refractivity contribution in [1.29, 1.82) is 0 Å². The quantitative estimate of drug-likeness (QED) is 0.816. The standard InChI is InChI=1S/C10H11N5O3/c1-17-6-3-4-7(8(5-6)18-2)11-10(16)9-12-14-15-13-9/h3-5H,1-2H3,(H,11,16)(H,12,13,14,15). The van der Waals surface area contributed by atoms with E-state index in [9.17, 15) is 4.79 Å². The Bertz CT molecular complexity index is 540. The second-order valence-corrected chi connectivity index (χ2v) is 3.26. The van der Waals surface area contributed by atoms with Gasteiger partial charge < -0.3 is 14.8 Å². The number of ether oxygens (including phenoxy) is 2. The molecule has 2 rings (SSSR count). The smallest absolute Gasteiger partial charge is 0.297 e. The van der Waals surface area contributed by atoms with Crippen LogP contribution >= 0.6 is 0 Å². The van der Waals surface area contributed by atoms with Crippen LogP contribution in [0.25, 0.3) is 0 Å². The van der Waals surface area contributed by atoms with Gasteiger partial charge in [0, 0.05) is 6.07 Å². The molecule has 0 radical (unpaired) electrons. The largest absolute Gasteiger partial charge is 0.497 e. The maximum Gasteiger partial charge on any atom is 0.297 e. The van der Waals surface area contributed by atoms with E-state index in [1.165, 1.54) is 7.11 Å². The molecule has 0 bridgehead atoms. The lowest BCUT2D eigenvalue weighted by Crippen LogP contribution is -2.14. The van der Waals surface area contributed by atoms with Crippen LogP contribution in [0.4, 0.5) is 5.69 Å². The summed E-state index contributed by atoms with van der Waals surface area (Å²) in [5, 5.41) is 15.3. The summed E-state index contributed by atoms with van der Waals surface area (Å²) in [7, 11) is 3.05. The fraction of sp³-hybridized carbons (Fsp3) is 0.200. The predicted octanol–water partition coefficient (Wildman–Crippen LogP) is 0.469. The average Bonchev–Trinajstić information content (AvgIpc) is 2.93. The number of carbonyl (C=O) groups is 1. The number of tetrazole rings is 1. The fourth-order valence-corrected chi connectivity index (χ4v) is 1.34. The number of hydrogen-bond acceptors (Lipinski definition) is 6. The van der Waals surface area contributed by atoms with Crippen LogP contribution in [0.3, 0.4) is 0 Å². The summed E-state index contributed by atoms with van der Waals surface area (Å²) < 4.78 is 10.2. The third kappa shape index (κ3) is 2.37. The van der Waals surface area contributed by atoms with Gasteiger partial charge in [0.25, 0.3) is 11.7 Å². The lowest BCUT2D eigenvalue weighted by atomic mass is 10.2. The van der Waals surface area contributed by atoms with Gasteiger partial charge in [-0.05, 0) is 17.3 Å². The first-order chi connectivity index (χ1) is 8.74. The van der Waals surface area contributed by atoms with E-state index in [0.717, 1.165) is 0 Å². The summed E-state index contributed by atoms with van der Waals surface area (Å²) in [5.41, 5.74) is 0.494. The van der Waals surface area contributed by atoms with Crippen molar-refractivity contribution in [3.05, 3.63) is 24.0 Å². The number of H-pyrrole nitrogens is 1. The molecule has 0 atom stereocenters. The second-order valence-electron chi connectivity index (χ2n) is 3.26. The van der Waals surface area contributed by atoms with E-state index < -0.39 is 5.91 Å². The minimum Gasteiger partial charge on any atom is -0.497 e. The minimum atomic E-state index is -0.479. The summed E-state index contributed by atoms with van der Waals surface area (Å²) in [5.74, 6) is 0.579. The third-order valence-electron chi connectivity index (χ3n) is 2.21. The maximum atomic E-state index is 11.7. The van der Waals surface area contributed by atoms with Gasteiger partial charge in [-0.1, -0.05) is 0 Å². The first-order valence-electron chi connectivity index (χ1n) is 5.01. The highest BCUT2D eigenvalue weighted by molar-refractivity contribution is 6.02. The zero-order valence-electron chi connectivity index (χ0n) is 9.80. The highest BCUT2D eigenvalue weighted by Gasteiger charge is 2.13. The van der Waals surface area contributed by atoms with Crippen molar-refractivity contribution in [1.82, 2.24) is 20.6 Å². The van der Waals surface area contributed by atoms with Crippen molar-refractivity contribution in [2.45, 2.75) is 0 Å². The number of anilines is 1. The van der Waals surface area contributed by atoms with E-state index in [-0.39, 0.29) is 5.82 Å². The number of amides is 1. The van der Waals surface area contributed by atoms with E-state index in [4.69, 9.17) is 9.47 Å². The molecule has 18 heavy (non-hydrogen) atoms. The Morgan fingerprint density at radius 3 is 2.78 bits per heavy atom. The number of nitrogens with one attached hydrogen (secondary N) is 2. The number of benzene rings is 1. The molecule has 2 N–H and O–H groups in total. The third-order valence-corrected chi connectivity index (χ3v) is 2.21. The van der Waals surface area contributed by atoms with Crippen LogP contribution in [0.5, 0.6) is 11.5 Å². The van der Waals surface area contributed by atoms with Crippen molar-refractivity contribution in [3.8, 4) is 11.5 Å². The Labute approximate surface area is 102 Å². The molecule has 0 fully saturated rings. The van der Waals surface area contributed by atoms with Crippen LogP contribution in [0.1, 0.15) is 10.6 Å². The van der Waals surface area contributed by atoms with Crippen LogP contribution in [0, 0.1) is 0 Å². The van der Waals surface area contributed by atoms with Crippen LogP contribution in [-0.4, -0.2) is 40.8 Å². The van der Waals surface area contributed by atoms with Crippen LogP contribution in [-0.2, 0) is 0 Å². The van der Waals surface area contributed by atoms with Gasteiger partial charge in [0.05, 0.1) is 19.9 Å². The van der Waals surface area contributed by atoms with Crippen molar-refractivity contribution in [2.24, 2.45) is 0 Å². The Hall–Kier alpha value is -2.64. The molecule has 0 unspecified atom stereocenters. The molecule has 1 heterocycles. The number of nitrogens with zero attached hydrogens (tertiary/aromatic N) is 3. The summed E-state index contributed by atoms with van der Waals surface area (Å²) in [4.78, 5) is 11.7. The monoisotopic (exact) mass is 249 g/mol. The summed E-state index contributed by atoms with van der Waals surface area (Å²) in [6, 6.07) is 5.02. The van der Waals surface area contributed by atoms with Crippen molar-refractivity contribution in [3.63, 3.8) is 0 Å². The van der Waals surface area contributed by atoms with E-state index in [0.29, 0.717) is 17.2 Å². The average molecular weight is 249 g/mol. The molecule has 0 spiro atoms. The highest BCUT2D eigenvalue weighted by Crippen LogP contribution is 2.29. The number of hydrogen-bond donors (Lipinski definition) is 2. The number of methoxy groups -OCH3 is 2. The Balaban J connectivity index is 2.21. The van der Waals surface area contributed by atoms with Gasteiger partial charge in [0.2, 0.25) is 0 Å². The molecule has 94 valence electrons. The molecular weight excluding hydrogens is 238 g/mol. The van der Waals surface area contributed by atoms with Crippen molar-refractivity contribution in [2.75, 3.05) is 19.5 Å². The maximum absolute atomic E-state index is 11.7. The summed E-state index contributed by atoms with van der Waals surface area (Å²) in [6.07, 6.45) is 0. The van der Waals surface area contributed by atoms with Crippen LogP contribution in [0.2, 0.25) is 0 Å². The molecule has 0 aliphatic carbocycles. The van der Waals surface area contributed by atoms with Crippen molar-refractivity contribution < 1.29 is 14.3 Å². The number of rotatable bonds is 4. The molecule has 8 heteroatoms. The molecule has 2 aromatic rings. The van der Waals surface area contributed by atoms with Gasteiger partial charge in [-0.3, -0.25) is 4.79 Å². The Morgan fingerprint density at radius 2 is 2.17 bits per heavy atom. The molecule has 0 saturated carbocycles. The minimum absolute atomic E-state index is 0.0483. The molecule has 0 saturated heterocycles. The van der Waals surface area contributed by atoms with Crippen LogP contribution in [0.15, 0.2) is 18.2 Å². The number of aromatic nitrogens is 4. The van der Waals surface area contributed by atoms with E-state index >= 15 is 0 Å². The molecular formula is C10H11N5O3. The zero-order chi connectivity index (χ0) is 13.0. The van der Waals surface area contributed by atoms with E-state index in [1.54, 1.807) is 25.3 Å². The van der Waals surface area contributed by atoms with Crippen molar-refractivity contribution >= 4 is 11.6 Å². The first-order valence-corrected chi connectivity index (χ1v) is 5.01. The highest BCUT2D eigenvalue weighted by atomic mass is 16.5. The van der Waals surface area contributed by atoms with Gasteiger partial charge in [-0.25, -0.2) is 0 Å². The number of aromatic amines is 1. The molecule has 1 aromatic heterocycles. The van der Waals surface area contributed by atoms with Crippen LogP contribution < -0.4 is 14.8 Å². The summed E-state index contributed by atoms with van der Waals surface area (Å²) >= 11 is 0. The molecule has 1 amide bonds. The van der Waals surface area contributed by atoms with E-state index in [1.807, 2.05) is 0 Å². The second kappa shape index (κ2) is 5.13. The lowest BCUT2D eigenvalue weighted by Gasteiger charge is -2.10. The fourth-order valence-electron chi connectivity index (χ4n) is 1.34. The molecule has 1 aromatic carbocycles. The SMILES string of the molecule is COc1ccc(NC(=O)c2nn[nH]n2)c(OC)c1. The van der Waals surface area contributed by atoms with E-state index in [2.05, 4.69) is 25.9 Å². The zero-order valence-corrected chi connectivity index (χ0v) is 9.80. The van der Waals surface area contributed by atoms with Gasteiger partial charge in [-0.2, -0.15) is 5.21 Å². The first kappa shape index (κ1) is 11.8. The van der Waals surface area contributed by atoms with Gasteiger partial charge in [0.15, 0.2) is 0 Å². The van der Waals surface area contributed by atoms with Gasteiger partial charge >= 0.3 is 0 Å². The Morgan fingerprint density at radius 1 is 1.33 bits per heavy atom. The molecule has 0 aliphatic heterocycles. The summed E-state index contributed by atoms with van der Waals surface area (Å²) in [6.45, 7) is 0. The number of carbonyl (C=O) groups excluding carboxylic acids is 1.